The van der Waals surface area contributed by atoms with E-state index in [0.29, 0.717) is 0 Å². The highest BCUT2D eigenvalue weighted by Gasteiger charge is 2.41. The van der Waals surface area contributed by atoms with Gasteiger partial charge in [-0.1, -0.05) is 212 Å². The number of thiophene rings is 1. The Morgan fingerprint density at radius 1 is 0.353 bits per heavy atom. The molecule has 0 saturated heterocycles. The van der Waals surface area contributed by atoms with E-state index >= 15 is 0 Å². The molecule has 1 aliphatic rings. The van der Waals surface area contributed by atoms with Crippen LogP contribution in [0.2, 0.25) is 0 Å². The van der Waals surface area contributed by atoms with E-state index in [1.807, 2.05) is 11.3 Å². The van der Waals surface area contributed by atoms with Crippen LogP contribution in [0.1, 0.15) is 23.6 Å². The van der Waals surface area contributed by atoms with Gasteiger partial charge in [0.25, 0.3) is 0 Å². The predicted molar refractivity (Wildman–Crippen MR) is 291 cm³/mol. The standard InChI is InChI=1S/C66H45NS/c1-66(48-24-6-3-7-25-48)58-34-11-8-28-56(58)64-52(31-17-35-59(64)66)45-39-41-49(42-40-45)67(50-26-14-23-47(43-50)53-32-18-38-62-65(53)57-29-10-13-37-61(57)68-62)60-36-12-9-27-54(60)55-33-16-22-46-21-15-30-51(63(46)55)44-19-4-2-5-20-44/h2-43H,1H3. The number of benzene rings is 11. The van der Waals surface area contributed by atoms with Gasteiger partial charge in [0, 0.05) is 42.5 Å². The Bertz CT molecular complexity index is 3860. The fourth-order valence-electron chi connectivity index (χ4n) is 11.2. The van der Waals surface area contributed by atoms with Crippen molar-refractivity contribution in [1.82, 2.24) is 0 Å². The normalized spacial score (nSPS) is 14.0. The first kappa shape index (κ1) is 40.0. The molecule has 320 valence electrons. The predicted octanol–water partition coefficient (Wildman–Crippen LogP) is 18.7. The Morgan fingerprint density at radius 3 is 1.74 bits per heavy atom. The van der Waals surface area contributed by atoms with Gasteiger partial charge in [-0.2, -0.15) is 0 Å². The zero-order chi connectivity index (χ0) is 45.2. The van der Waals surface area contributed by atoms with Crippen molar-refractivity contribution in [1.29, 1.82) is 0 Å². The molecule has 0 spiro atoms. The maximum absolute atomic E-state index is 2.47. The van der Waals surface area contributed by atoms with Crippen molar-refractivity contribution in [2.75, 3.05) is 4.90 Å². The summed E-state index contributed by atoms with van der Waals surface area (Å²) in [5.41, 5.74) is 19.3. The Labute approximate surface area is 401 Å². The average molecular weight is 884 g/mol. The first-order chi connectivity index (χ1) is 33.6. The van der Waals surface area contributed by atoms with E-state index in [1.165, 1.54) is 103 Å². The Morgan fingerprint density at radius 2 is 0.912 bits per heavy atom. The highest BCUT2D eigenvalue weighted by Crippen LogP contribution is 2.55. The van der Waals surface area contributed by atoms with Crippen LogP contribution < -0.4 is 4.90 Å². The fourth-order valence-corrected chi connectivity index (χ4v) is 12.4. The lowest BCUT2D eigenvalue weighted by Gasteiger charge is -2.29. The van der Waals surface area contributed by atoms with Gasteiger partial charge in [-0.05, 0) is 127 Å². The second-order valence-electron chi connectivity index (χ2n) is 18.1. The molecule has 1 atom stereocenters. The molecule has 1 nitrogen and oxygen atoms in total. The van der Waals surface area contributed by atoms with E-state index in [0.717, 1.165) is 17.1 Å². The van der Waals surface area contributed by atoms with Crippen LogP contribution in [0.15, 0.2) is 255 Å². The van der Waals surface area contributed by atoms with Gasteiger partial charge in [0.05, 0.1) is 5.69 Å². The fraction of sp³-hybridized carbons (Fsp3) is 0.0303. The zero-order valence-corrected chi connectivity index (χ0v) is 38.4. The van der Waals surface area contributed by atoms with Gasteiger partial charge in [-0.3, -0.25) is 0 Å². The molecule has 1 aliphatic carbocycles. The molecule has 12 aromatic rings. The van der Waals surface area contributed by atoms with Crippen LogP contribution in [-0.4, -0.2) is 0 Å². The summed E-state index contributed by atoms with van der Waals surface area (Å²) in [4.78, 5) is 2.47. The van der Waals surface area contributed by atoms with Gasteiger partial charge >= 0.3 is 0 Å². The van der Waals surface area contributed by atoms with Crippen molar-refractivity contribution in [3.63, 3.8) is 0 Å². The number of hydrogen-bond donors (Lipinski definition) is 0. The zero-order valence-electron chi connectivity index (χ0n) is 37.6. The van der Waals surface area contributed by atoms with E-state index in [9.17, 15) is 0 Å². The molecule has 0 N–H and O–H groups in total. The summed E-state index contributed by atoms with van der Waals surface area (Å²) >= 11 is 1.87. The summed E-state index contributed by atoms with van der Waals surface area (Å²) in [6, 6.07) is 94.0. The highest BCUT2D eigenvalue weighted by molar-refractivity contribution is 7.25. The third-order valence-electron chi connectivity index (χ3n) is 14.4. The van der Waals surface area contributed by atoms with Crippen LogP contribution >= 0.6 is 11.3 Å². The van der Waals surface area contributed by atoms with Crippen molar-refractivity contribution < 1.29 is 0 Å². The van der Waals surface area contributed by atoms with Crippen LogP contribution in [-0.2, 0) is 5.41 Å². The lowest BCUT2D eigenvalue weighted by atomic mass is 9.74. The minimum atomic E-state index is -0.268. The molecule has 1 aromatic heterocycles. The highest BCUT2D eigenvalue weighted by atomic mass is 32.1. The van der Waals surface area contributed by atoms with Crippen LogP contribution in [0.5, 0.6) is 0 Å². The van der Waals surface area contributed by atoms with Crippen molar-refractivity contribution in [3.8, 4) is 55.6 Å². The first-order valence-electron chi connectivity index (χ1n) is 23.5. The Kier molecular flexibility index (Phi) is 9.56. The second kappa shape index (κ2) is 16.2. The summed E-state index contributed by atoms with van der Waals surface area (Å²) in [6.45, 7) is 2.39. The summed E-state index contributed by atoms with van der Waals surface area (Å²) in [5, 5.41) is 5.07. The molecule has 0 fully saturated rings. The average Bonchev–Trinajstić information content (AvgIpc) is 3.93. The van der Waals surface area contributed by atoms with E-state index < -0.39 is 0 Å². The number of nitrogens with zero attached hydrogens (tertiary/aromatic N) is 1. The lowest BCUT2D eigenvalue weighted by molar-refractivity contribution is 0.714. The lowest BCUT2D eigenvalue weighted by Crippen LogP contribution is -2.22. The SMILES string of the molecule is CC1(c2ccccc2)c2ccccc2-c2c(-c3ccc(N(c4cccc(-c5cccc6sc7ccccc7c56)c4)c4ccccc4-c4cccc5cccc(-c6ccccc6)c45)cc3)cccc21. The molecule has 0 amide bonds. The van der Waals surface area contributed by atoms with Crippen LogP contribution in [0.3, 0.4) is 0 Å². The van der Waals surface area contributed by atoms with E-state index in [1.54, 1.807) is 0 Å². The minimum absolute atomic E-state index is 0.268. The smallest absolute Gasteiger partial charge is 0.0540 e. The second-order valence-corrected chi connectivity index (χ2v) is 19.2. The molecule has 0 radical (unpaired) electrons. The third kappa shape index (κ3) is 6.37. The molecule has 13 rings (SSSR count). The van der Waals surface area contributed by atoms with Gasteiger partial charge in [-0.25, -0.2) is 0 Å². The van der Waals surface area contributed by atoms with Gasteiger partial charge < -0.3 is 4.90 Å². The van der Waals surface area contributed by atoms with Crippen LogP contribution in [0, 0.1) is 0 Å². The first-order valence-corrected chi connectivity index (χ1v) is 24.3. The van der Waals surface area contributed by atoms with Gasteiger partial charge in [0.15, 0.2) is 0 Å². The summed E-state index contributed by atoms with van der Waals surface area (Å²) in [7, 11) is 0. The largest absolute Gasteiger partial charge is 0.310 e. The maximum atomic E-state index is 2.47. The molecular formula is C66H45NS. The molecular weight excluding hydrogens is 839 g/mol. The number of anilines is 3. The molecule has 1 heterocycles. The van der Waals surface area contributed by atoms with Gasteiger partial charge in [0.1, 0.15) is 0 Å². The van der Waals surface area contributed by atoms with E-state index in [2.05, 4.69) is 267 Å². The Hall–Kier alpha value is -8.30. The van der Waals surface area contributed by atoms with Crippen molar-refractivity contribution in [2.24, 2.45) is 0 Å². The van der Waals surface area contributed by atoms with Crippen LogP contribution in [0.4, 0.5) is 17.1 Å². The van der Waals surface area contributed by atoms with Crippen LogP contribution in [0.25, 0.3) is 86.6 Å². The van der Waals surface area contributed by atoms with Crippen molar-refractivity contribution >= 4 is 59.3 Å². The molecule has 0 aliphatic heterocycles. The molecule has 2 heteroatoms. The summed E-state index contributed by atoms with van der Waals surface area (Å²) in [5.74, 6) is 0. The molecule has 68 heavy (non-hydrogen) atoms. The van der Waals surface area contributed by atoms with E-state index in [-0.39, 0.29) is 5.41 Å². The number of para-hydroxylation sites is 1. The number of rotatable bonds is 8. The quantitative estimate of drug-likeness (QED) is 0.147. The van der Waals surface area contributed by atoms with E-state index in [4.69, 9.17) is 0 Å². The molecule has 0 saturated carbocycles. The number of hydrogen-bond acceptors (Lipinski definition) is 2. The third-order valence-corrected chi connectivity index (χ3v) is 15.5. The van der Waals surface area contributed by atoms with Crippen molar-refractivity contribution in [3.05, 3.63) is 271 Å². The Balaban J connectivity index is 1.00. The summed E-state index contributed by atoms with van der Waals surface area (Å²) < 4.78 is 2.61. The maximum Gasteiger partial charge on any atom is 0.0540 e. The molecule has 0 bridgehead atoms. The summed E-state index contributed by atoms with van der Waals surface area (Å²) in [6.07, 6.45) is 0. The molecule has 1 unspecified atom stereocenters. The minimum Gasteiger partial charge on any atom is -0.310 e. The van der Waals surface area contributed by atoms with Gasteiger partial charge in [0.2, 0.25) is 0 Å². The molecule has 11 aromatic carbocycles. The van der Waals surface area contributed by atoms with Crippen molar-refractivity contribution in [2.45, 2.75) is 12.3 Å². The van der Waals surface area contributed by atoms with Gasteiger partial charge in [-0.15, -0.1) is 11.3 Å². The number of fused-ring (bicyclic) bond motifs is 7. The topological polar surface area (TPSA) is 3.24 Å². The monoisotopic (exact) mass is 883 g/mol.